The molecule has 0 spiro atoms. The number of halogens is 4. The molecule has 1 aromatic heterocycles. The van der Waals surface area contributed by atoms with Crippen molar-refractivity contribution in [2.75, 3.05) is 5.32 Å². The zero-order valence-corrected chi connectivity index (χ0v) is 16.6. The molecule has 2 aromatic carbocycles. The van der Waals surface area contributed by atoms with Gasteiger partial charge in [-0.2, -0.15) is 13.2 Å². The van der Waals surface area contributed by atoms with Crippen molar-refractivity contribution in [2.45, 2.75) is 24.4 Å². The second kappa shape index (κ2) is 8.07. The predicted molar refractivity (Wildman–Crippen MR) is 101 cm³/mol. The number of nitrogens with one attached hydrogen (secondary N) is 1. The average molecular weight is 457 g/mol. The van der Waals surface area contributed by atoms with Crippen molar-refractivity contribution in [3.05, 3.63) is 65.2 Å². The third kappa shape index (κ3) is 4.72. The molecule has 0 aliphatic carbocycles. The highest BCUT2D eigenvalue weighted by Gasteiger charge is 2.42. The summed E-state index contributed by atoms with van der Waals surface area (Å²) in [5, 5.41) is 14.0. The molecular formula is C18H15F4N5O3S. The molecular weight excluding hydrogens is 442 g/mol. The highest BCUT2D eigenvalue weighted by atomic mass is 32.2. The number of benzene rings is 2. The Balaban J connectivity index is 2.02. The fraction of sp³-hybridized carbons (Fsp3) is 0.167. The Bertz CT molecular complexity index is 1240. The first-order chi connectivity index (χ1) is 14.4. The van der Waals surface area contributed by atoms with Crippen LogP contribution in [0.4, 0.5) is 23.2 Å². The maximum atomic E-state index is 13.7. The molecule has 0 aliphatic heterocycles. The van der Waals surface area contributed by atoms with Crippen LogP contribution in [-0.2, 0) is 22.6 Å². The Morgan fingerprint density at radius 2 is 1.81 bits per heavy atom. The quantitative estimate of drug-likeness (QED) is 0.571. The van der Waals surface area contributed by atoms with Crippen LogP contribution in [0.2, 0.25) is 0 Å². The number of nitrogens with zero attached hydrogens (tertiary/aromatic N) is 3. The van der Waals surface area contributed by atoms with Crippen LogP contribution >= 0.6 is 0 Å². The van der Waals surface area contributed by atoms with Crippen molar-refractivity contribution < 1.29 is 30.8 Å². The smallest absolute Gasteiger partial charge is 0.320 e. The Morgan fingerprint density at radius 1 is 1.16 bits per heavy atom. The van der Waals surface area contributed by atoms with E-state index in [0.29, 0.717) is 16.7 Å². The van der Waals surface area contributed by atoms with E-state index in [1.807, 2.05) is 0 Å². The topological polar surface area (TPSA) is 120 Å². The van der Waals surface area contributed by atoms with Crippen molar-refractivity contribution in [3.63, 3.8) is 0 Å². The summed E-state index contributed by atoms with van der Waals surface area (Å²) in [6.07, 6.45) is -4.70. The van der Waals surface area contributed by atoms with Crippen LogP contribution in [0.15, 0.2) is 47.4 Å². The summed E-state index contributed by atoms with van der Waals surface area (Å²) >= 11 is 0. The van der Waals surface area contributed by atoms with E-state index in [1.54, 1.807) is 6.92 Å². The number of amides is 1. The van der Waals surface area contributed by atoms with E-state index < -0.39 is 39.3 Å². The minimum atomic E-state index is -5.03. The average Bonchev–Trinajstić information content (AvgIpc) is 3.13. The number of aryl methyl sites for hydroxylation is 1. The highest BCUT2D eigenvalue weighted by Crippen LogP contribution is 2.33. The molecule has 0 fully saturated rings. The summed E-state index contributed by atoms with van der Waals surface area (Å²) in [7, 11) is -4.13. The summed E-state index contributed by atoms with van der Waals surface area (Å²) in [6, 6.07) is 7.70. The molecule has 0 atom stereocenters. The fourth-order valence-corrected chi connectivity index (χ4v) is 3.70. The van der Waals surface area contributed by atoms with Crippen LogP contribution in [0.3, 0.4) is 0 Å². The summed E-state index contributed by atoms with van der Waals surface area (Å²) in [6.45, 7) is 1.69. The SMILES string of the molecule is CCc1ccc(NC(=O)c2nnn(-c3ccc(F)cc3)c2C(F)(F)F)cc1S(N)(=O)=O. The maximum Gasteiger partial charge on any atom is 0.435 e. The minimum absolute atomic E-state index is 0.101. The third-order valence-electron chi connectivity index (χ3n) is 4.24. The fourth-order valence-electron chi connectivity index (χ4n) is 2.83. The molecule has 0 aliphatic rings. The molecule has 3 N–H and O–H groups in total. The monoisotopic (exact) mass is 457 g/mol. The standard InChI is InChI=1S/C18H15F4N5O3S/c1-2-10-3-6-12(9-14(10)31(23,29)30)24-17(28)15-16(18(20,21)22)27(26-25-15)13-7-4-11(19)5-8-13/h3-9H,2H2,1H3,(H,24,28)(H2,23,29,30). The van der Waals surface area contributed by atoms with Crippen molar-refractivity contribution >= 4 is 21.6 Å². The summed E-state index contributed by atoms with van der Waals surface area (Å²) in [5.41, 5.74) is -2.42. The Kier molecular flexibility index (Phi) is 5.83. The van der Waals surface area contributed by atoms with Gasteiger partial charge in [0.1, 0.15) is 5.82 Å². The highest BCUT2D eigenvalue weighted by molar-refractivity contribution is 7.89. The van der Waals surface area contributed by atoms with Gasteiger partial charge in [-0.1, -0.05) is 18.2 Å². The van der Waals surface area contributed by atoms with E-state index in [0.717, 1.165) is 30.3 Å². The van der Waals surface area contributed by atoms with Crippen LogP contribution in [0, 0.1) is 5.82 Å². The van der Waals surface area contributed by atoms with Gasteiger partial charge in [-0.3, -0.25) is 4.79 Å². The number of alkyl halides is 3. The molecule has 0 unspecified atom stereocenters. The molecule has 0 radical (unpaired) electrons. The first-order valence-corrected chi connectivity index (χ1v) is 10.2. The number of hydrogen-bond acceptors (Lipinski definition) is 5. The van der Waals surface area contributed by atoms with E-state index in [9.17, 15) is 30.8 Å². The van der Waals surface area contributed by atoms with E-state index in [4.69, 9.17) is 5.14 Å². The van der Waals surface area contributed by atoms with Gasteiger partial charge in [-0.15, -0.1) is 5.10 Å². The lowest BCUT2D eigenvalue weighted by molar-refractivity contribution is -0.143. The number of nitrogens with two attached hydrogens (primary N) is 1. The van der Waals surface area contributed by atoms with Gasteiger partial charge in [0.25, 0.3) is 5.91 Å². The van der Waals surface area contributed by atoms with Gasteiger partial charge in [0.05, 0.1) is 10.6 Å². The molecule has 0 bridgehead atoms. The van der Waals surface area contributed by atoms with Crippen molar-refractivity contribution in [1.82, 2.24) is 15.0 Å². The molecule has 8 nitrogen and oxygen atoms in total. The number of carbonyl (C=O) groups excluding carboxylic acids is 1. The van der Waals surface area contributed by atoms with Gasteiger partial charge in [0.15, 0.2) is 11.4 Å². The zero-order chi connectivity index (χ0) is 23.0. The molecule has 3 aromatic rings. The van der Waals surface area contributed by atoms with E-state index in [1.165, 1.54) is 12.1 Å². The molecule has 13 heteroatoms. The van der Waals surface area contributed by atoms with Gasteiger partial charge < -0.3 is 5.32 Å². The molecule has 0 saturated carbocycles. The maximum absolute atomic E-state index is 13.7. The van der Waals surface area contributed by atoms with Crippen molar-refractivity contribution in [3.8, 4) is 5.69 Å². The normalized spacial score (nSPS) is 12.1. The first-order valence-electron chi connectivity index (χ1n) is 8.67. The summed E-state index contributed by atoms with van der Waals surface area (Å²) < 4.78 is 78.0. The van der Waals surface area contributed by atoms with Crippen LogP contribution in [-0.4, -0.2) is 29.3 Å². The molecule has 0 saturated heterocycles. The van der Waals surface area contributed by atoms with Crippen molar-refractivity contribution in [2.24, 2.45) is 5.14 Å². The Hall–Kier alpha value is -3.32. The van der Waals surface area contributed by atoms with Gasteiger partial charge >= 0.3 is 6.18 Å². The van der Waals surface area contributed by atoms with E-state index in [-0.39, 0.29) is 16.3 Å². The number of carbonyl (C=O) groups is 1. The van der Waals surface area contributed by atoms with Crippen LogP contribution in [0.25, 0.3) is 5.69 Å². The number of hydrogen-bond donors (Lipinski definition) is 2. The number of primary sulfonamides is 1. The molecule has 31 heavy (non-hydrogen) atoms. The van der Waals surface area contributed by atoms with Crippen molar-refractivity contribution in [1.29, 1.82) is 0 Å². The molecule has 3 rings (SSSR count). The zero-order valence-electron chi connectivity index (χ0n) is 15.8. The Morgan fingerprint density at radius 3 is 2.35 bits per heavy atom. The lowest BCUT2D eigenvalue weighted by atomic mass is 10.1. The summed E-state index contributed by atoms with van der Waals surface area (Å²) in [5.74, 6) is -1.94. The number of sulfonamides is 1. The van der Waals surface area contributed by atoms with Gasteiger partial charge in [-0.05, 0) is 48.4 Å². The Labute approximate surface area is 173 Å². The lowest BCUT2D eigenvalue weighted by Gasteiger charge is -2.12. The van der Waals surface area contributed by atoms with Gasteiger partial charge in [-0.25, -0.2) is 22.6 Å². The van der Waals surface area contributed by atoms with Gasteiger partial charge in [0.2, 0.25) is 10.0 Å². The van der Waals surface area contributed by atoms with Crippen LogP contribution < -0.4 is 10.5 Å². The van der Waals surface area contributed by atoms with Crippen LogP contribution in [0.5, 0.6) is 0 Å². The number of rotatable bonds is 5. The van der Waals surface area contributed by atoms with Crippen LogP contribution in [0.1, 0.15) is 28.7 Å². The minimum Gasteiger partial charge on any atom is -0.320 e. The number of aromatic nitrogens is 3. The van der Waals surface area contributed by atoms with E-state index in [2.05, 4.69) is 15.6 Å². The second-order valence-corrected chi connectivity index (χ2v) is 7.88. The third-order valence-corrected chi connectivity index (χ3v) is 5.23. The lowest BCUT2D eigenvalue weighted by Crippen LogP contribution is -2.21. The van der Waals surface area contributed by atoms with E-state index >= 15 is 0 Å². The van der Waals surface area contributed by atoms with Gasteiger partial charge in [0, 0.05) is 5.69 Å². The number of anilines is 1. The molecule has 1 heterocycles. The summed E-state index contributed by atoms with van der Waals surface area (Å²) in [4.78, 5) is 12.3. The molecule has 1 amide bonds. The predicted octanol–water partition coefficient (Wildman–Crippen LogP) is 2.89. The second-order valence-electron chi connectivity index (χ2n) is 6.35. The first kappa shape index (κ1) is 22.4. The largest absolute Gasteiger partial charge is 0.435 e. The molecule has 164 valence electrons.